The third-order valence-electron chi connectivity index (χ3n) is 5.56. The quantitative estimate of drug-likeness (QED) is 0.233. The minimum Gasteiger partial charge on any atom is -0.325 e. The van der Waals surface area contributed by atoms with Crippen LogP contribution in [0.15, 0.2) is 46.9 Å². The number of Topliss-reactive ketones (excluding diaryl/α,β-unsaturated/α-hetero) is 1. The number of ketones is 1. The Morgan fingerprint density at radius 1 is 1.28 bits per heavy atom. The van der Waals surface area contributed by atoms with E-state index in [1.54, 1.807) is 53.2 Å². The molecule has 4 rings (SSSR count). The van der Waals surface area contributed by atoms with Crippen LogP contribution >= 0.6 is 23.1 Å². The number of carbonyl (C=O) groups excluding carboxylic acids is 2. The third kappa shape index (κ3) is 4.42. The number of thiophene rings is 1. The normalized spacial score (nSPS) is 14.1. The molecule has 0 fully saturated rings. The highest BCUT2D eigenvalue weighted by atomic mass is 32.2. The van der Waals surface area contributed by atoms with Crippen LogP contribution in [0, 0.1) is 0 Å². The topological polar surface area (TPSA) is 81.1 Å². The fraction of sp³-hybridized carbons (Fsp3) is 0.333. The van der Waals surface area contributed by atoms with Gasteiger partial charge in [0.05, 0.1) is 10.6 Å². The van der Waals surface area contributed by atoms with E-state index in [4.69, 9.17) is 4.98 Å². The van der Waals surface area contributed by atoms with Crippen molar-refractivity contribution in [2.24, 2.45) is 0 Å². The average molecular weight is 468 g/mol. The molecule has 0 aliphatic heterocycles. The molecule has 2 aromatic heterocycles. The number of benzene rings is 1. The summed E-state index contributed by atoms with van der Waals surface area (Å²) in [7, 11) is 0. The second-order valence-corrected chi connectivity index (χ2v) is 10.3. The number of nitrogens with one attached hydrogen (secondary N) is 1. The number of allylic oxidation sites excluding steroid dienone is 1. The summed E-state index contributed by atoms with van der Waals surface area (Å²) in [5.74, 6) is -0.223. The minimum atomic E-state index is -0.475. The summed E-state index contributed by atoms with van der Waals surface area (Å²) in [5, 5.41) is 3.65. The lowest BCUT2D eigenvalue weighted by Gasteiger charge is -2.15. The monoisotopic (exact) mass is 467 g/mol. The summed E-state index contributed by atoms with van der Waals surface area (Å²) in [6.07, 6.45) is 5.85. The molecule has 1 atom stereocenters. The molecule has 1 aliphatic carbocycles. The summed E-state index contributed by atoms with van der Waals surface area (Å²) in [5.41, 5.74) is 2.31. The maximum absolute atomic E-state index is 13.3. The first-order valence-corrected chi connectivity index (χ1v) is 12.3. The van der Waals surface area contributed by atoms with Gasteiger partial charge in [-0.2, -0.15) is 0 Å². The lowest BCUT2D eigenvalue weighted by atomic mass is 9.97. The highest BCUT2D eigenvalue weighted by molar-refractivity contribution is 8.00. The fourth-order valence-corrected chi connectivity index (χ4v) is 6.06. The second-order valence-electron chi connectivity index (χ2n) is 7.87. The number of aryl methyl sites for hydroxylation is 2. The van der Waals surface area contributed by atoms with Gasteiger partial charge in [0.15, 0.2) is 10.9 Å². The Labute approximate surface area is 194 Å². The van der Waals surface area contributed by atoms with E-state index in [2.05, 4.69) is 11.9 Å². The predicted octanol–water partition coefficient (Wildman–Crippen LogP) is 4.84. The molecule has 8 heteroatoms. The average Bonchev–Trinajstić information content (AvgIpc) is 3.15. The van der Waals surface area contributed by atoms with Crippen LogP contribution in [0.4, 0.5) is 5.69 Å². The molecule has 0 saturated carbocycles. The van der Waals surface area contributed by atoms with E-state index < -0.39 is 5.25 Å². The van der Waals surface area contributed by atoms with E-state index in [9.17, 15) is 14.4 Å². The highest BCUT2D eigenvalue weighted by Gasteiger charge is 2.24. The summed E-state index contributed by atoms with van der Waals surface area (Å²) in [6, 6.07) is 6.79. The Kier molecular flexibility index (Phi) is 6.62. The summed E-state index contributed by atoms with van der Waals surface area (Å²) in [4.78, 5) is 44.4. The SMILES string of the molecule is C=CCn1c(SC(C)C(=O)Nc2ccc(C(C)=O)cc2)nc2sc3c(c2c1=O)CCCC3. The predicted molar refractivity (Wildman–Crippen MR) is 131 cm³/mol. The van der Waals surface area contributed by atoms with E-state index in [0.29, 0.717) is 23.0 Å². The van der Waals surface area contributed by atoms with E-state index in [0.717, 1.165) is 41.5 Å². The van der Waals surface area contributed by atoms with Crippen LogP contribution in [0.25, 0.3) is 10.2 Å². The van der Waals surface area contributed by atoms with Crippen molar-refractivity contribution in [3.8, 4) is 0 Å². The molecule has 1 unspecified atom stereocenters. The van der Waals surface area contributed by atoms with Gasteiger partial charge in [-0.3, -0.25) is 19.0 Å². The zero-order valence-electron chi connectivity index (χ0n) is 18.1. The number of nitrogens with zero attached hydrogens (tertiary/aromatic N) is 2. The molecule has 2 heterocycles. The number of amides is 1. The molecule has 3 aromatic rings. The molecule has 166 valence electrons. The van der Waals surface area contributed by atoms with Crippen molar-refractivity contribution >= 4 is 50.7 Å². The van der Waals surface area contributed by atoms with Crippen molar-refractivity contribution < 1.29 is 9.59 Å². The Hall–Kier alpha value is -2.71. The first-order valence-electron chi connectivity index (χ1n) is 10.6. The van der Waals surface area contributed by atoms with Gasteiger partial charge < -0.3 is 5.32 Å². The number of anilines is 1. The second kappa shape index (κ2) is 9.42. The van der Waals surface area contributed by atoms with Gasteiger partial charge in [-0.05, 0) is 69.4 Å². The van der Waals surface area contributed by atoms with Crippen LogP contribution in [-0.2, 0) is 24.2 Å². The third-order valence-corrected chi connectivity index (χ3v) is 7.84. The van der Waals surface area contributed by atoms with Crippen LogP contribution in [-0.4, -0.2) is 26.5 Å². The molecule has 1 N–H and O–H groups in total. The van der Waals surface area contributed by atoms with Crippen LogP contribution in [0.2, 0.25) is 0 Å². The van der Waals surface area contributed by atoms with Crippen LogP contribution < -0.4 is 10.9 Å². The van der Waals surface area contributed by atoms with E-state index in [-0.39, 0.29) is 17.2 Å². The number of hydrogen-bond acceptors (Lipinski definition) is 6. The lowest BCUT2D eigenvalue weighted by Crippen LogP contribution is -2.27. The zero-order chi connectivity index (χ0) is 22.8. The minimum absolute atomic E-state index is 0.0243. The number of aromatic nitrogens is 2. The van der Waals surface area contributed by atoms with Crippen LogP contribution in [0.5, 0.6) is 0 Å². The van der Waals surface area contributed by atoms with E-state index in [1.807, 2.05) is 0 Å². The molecular weight excluding hydrogens is 442 g/mol. The van der Waals surface area contributed by atoms with Crippen molar-refractivity contribution in [2.75, 3.05) is 5.32 Å². The molecular formula is C24H25N3O3S2. The number of carbonyl (C=O) groups is 2. The van der Waals surface area contributed by atoms with Gasteiger partial charge in [0.1, 0.15) is 4.83 Å². The summed E-state index contributed by atoms with van der Waals surface area (Å²) in [6.45, 7) is 7.42. The number of thioether (sulfide) groups is 1. The lowest BCUT2D eigenvalue weighted by molar-refractivity contribution is -0.115. The standard InChI is InChI=1S/C24H25N3O3S2/c1-4-13-27-23(30)20-18-7-5-6-8-19(18)32-22(20)26-24(27)31-15(3)21(29)25-17-11-9-16(10-12-17)14(2)28/h4,9-12,15H,1,5-8,13H2,2-3H3,(H,25,29). The molecule has 0 spiro atoms. The number of rotatable bonds is 7. The van der Waals surface area contributed by atoms with E-state index in [1.165, 1.54) is 23.6 Å². The molecule has 1 aliphatic rings. The first kappa shape index (κ1) is 22.5. The van der Waals surface area contributed by atoms with Gasteiger partial charge in [0, 0.05) is 22.7 Å². The molecule has 0 radical (unpaired) electrons. The van der Waals surface area contributed by atoms with Gasteiger partial charge >= 0.3 is 0 Å². The maximum Gasteiger partial charge on any atom is 0.263 e. The van der Waals surface area contributed by atoms with Gasteiger partial charge in [0.2, 0.25) is 5.91 Å². The van der Waals surface area contributed by atoms with Crippen molar-refractivity contribution in [1.29, 1.82) is 0 Å². The van der Waals surface area contributed by atoms with Crippen molar-refractivity contribution in [3.05, 3.63) is 63.3 Å². The molecule has 6 nitrogen and oxygen atoms in total. The molecule has 1 amide bonds. The first-order chi connectivity index (χ1) is 15.4. The zero-order valence-corrected chi connectivity index (χ0v) is 19.8. The Morgan fingerprint density at radius 3 is 2.69 bits per heavy atom. The molecule has 1 aromatic carbocycles. The van der Waals surface area contributed by atoms with E-state index >= 15 is 0 Å². The summed E-state index contributed by atoms with van der Waals surface area (Å²) >= 11 is 2.87. The van der Waals surface area contributed by atoms with Gasteiger partial charge in [0.25, 0.3) is 5.56 Å². The molecule has 32 heavy (non-hydrogen) atoms. The van der Waals surface area contributed by atoms with Crippen molar-refractivity contribution in [1.82, 2.24) is 9.55 Å². The van der Waals surface area contributed by atoms with Gasteiger partial charge in [-0.25, -0.2) is 4.98 Å². The van der Waals surface area contributed by atoms with Gasteiger partial charge in [-0.15, -0.1) is 17.9 Å². The highest BCUT2D eigenvalue weighted by Crippen LogP contribution is 2.35. The fourth-order valence-electron chi connectivity index (χ4n) is 3.84. The van der Waals surface area contributed by atoms with Crippen molar-refractivity contribution in [2.45, 2.75) is 56.5 Å². The maximum atomic E-state index is 13.3. The van der Waals surface area contributed by atoms with Crippen molar-refractivity contribution in [3.63, 3.8) is 0 Å². The van der Waals surface area contributed by atoms with Crippen LogP contribution in [0.1, 0.15) is 47.5 Å². The van der Waals surface area contributed by atoms with Crippen LogP contribution in [0.3, 0.4) is 0 Å². The molecule has 0 bridgehead atoms. The Bertz CT molecular complexity index is 1260. The summed E-state index contributed by atoms with van der Waals surface area (Å²) < 4.78 is 1.62. The Balaban J connectivity index is 1.60. The van der Waals surface area contributed by atoms with Gasteiger partial charge in [-0.1, -0.05) is 17.8 Å². The Morgan fingerprint density at radius 2 is 2.00 bits per heavy atom. The number of fused-ring (bicyclic) bond motifs is 3. The number of hydrogen-bond donors (Lipinski definition) is 1. The largest absolute Gasteiger partial charge is 0.325 e. The smallest absolute Gasteiger partial charge is 0.263 e. The molecule has 0 saturated heterocycles.